The molecule has 114 valence electrons. The van der Waals surface area contributed by atoms with Gasteiger partial charge in [-0.3, -0.25) is 0 Å². The van der Waals surface area contributed by atoms with Gasteiger partial charge in [-0.1, -0.05) is 57.0 Å². The van der Waals surface area contributed by atoms with Gasteiger partial charge in [-0.05, 0) is 45.0 Å². The Labute approximate surface area is 125 Å². The lowest BCUT2D eigenvalue weighted by Gasteiger charge is -2.16. The van der Waals surface area contributed by atoms with Gasteiger partial charge in [0.05, 0.1) is 0 Å². The molecule has 0 unspecified atom stereocenters. The molecule has 0 heterocycles. The van der Waals surface area contributed by atoms with Crippen LogP contribution in [0, 0.1) is 0 Å². The summed E-state index contributed by atoms with van der Waals surface area (Å²) in [5, 5.41) is 3.47. The monoisotopic (exact) mass is 276 g/mol. The highest BCUT2D eigenvalue weighted by atomic mass is 15.1. The Morgan fingerprint density at radius 2 is 1.65 bits per heavy atom. The summed E-state index contributed by atoms with van der Waals surface area (Å²) >= 11 is 0. The van der Waals surface area contributed by atoms with Gasteiger partial charge in [0.15, 0.2) is 0 Å². The van der Waals surface area contributed by atoms with E-state index in [1.165, 1.54) is 50.9 Å². The van der Waals surface area contributed by atoms with E-state index in [4.69, 9.17) is 0 Å². The average Bonchev–Trinajstić information content (AvgIpc) is 2.45. The predicted molar refractivity (Wildman–Crippen MR) is 89.2 cm³/mol. The third kappa shape index (κ3) is 9.11. The Morgan fingerprint density at radius 3 is 2.35 bits per heavy atom. The number of rotatable bonds is 11. The third-order valence-electron chi connectivity index (χ3n) is 3.64. The lowest BCUT2D eigenvalue weighted by atomic mass is 10.1. The minimum absolute atomic E-state index is 0.624. The molecule has 2 nitrogen and oxygen atoms in total. The lowest BCUT2D eigenvalue weighted by Crippen LogP contribution is -2.24. The maximum atomic E-state index is 3.47. The molecule has 0 aromatic heterocycles. The minimum Gasteiger partial charge on any atom is -0.315 e. The summed E-state index contributed by atoms with van der Waals surface area (Å²) in [7, 11) is 2.24. The molecule has 1 rings (SSSR count). The molecular formula is C18H32N2. The van der Waals surface area contributed by atoms with Gasteiger partial charge >= 0.3 is 0 Å². The minimum atomic E-state index is 0.624. The second-order valence-electron chi connectivity index (χ2n) is 6.06. The third-order valence-corrected chi connectivity index (χ3v) is 3.64. The second kappa shape index (κ2) is 10.9. The molecule has 0 spiro atoms. The van der Waals surface area contributed by atoms with E-state index in [-0.39, 0.29) is 0 Å². The maximum Gasteiger partial charge on any atom is 0.00188 e. The molecule has 0 aliphatic rings. The van der Waals surface area contributed by atoms with Crippen molar-refractivity contribution in [2.45, 2.75) is 52.0 Å². The van der Waals surface area contributed by atoms with E-state index < -0.39 is 0 Å². The van der Waals surface area contributed by atoms with Crippen LogP contribution in [0.1, 0.15) is 45.1 Å². The normalized spacial score (nSPS) is 11.4. The van der Waals surface area contributed by atoms with Gasteiger partial charge in [-0.15, -0.1) is 0 Å². The Morgan fingerprint density at radius 1 is 0.950 bits per heavy atom. The summed E-state index contributed by atoms with van der Waals surface area (Å²) in [6.45, 7) is 7.98. The number of unbranched alkanes of at least 4 members (excludes halogenated alkanes) is 3. The fourth-order valence-electron chi connectivity index (χ4n) is 2.33. The van der Waals surface area contributed by atoms with Crippen molar-refractivity contribution in [2.24, 2.45) is 0 Å². The van der Waals surface area contributed by atoms with Crippen LogP contribution in [0.15, 0.2) is 30.3 Å². The Bertz CT molecular complexity index is 321. The van der Waals surface area contributed by atoms with Crippen LogP contribution in [0.3, 0.4) is 0 Å². The Hall–Kier alpha value is -0.860. The van der Waals surface area contributed by atoms with Crippen molar-refractivity contribution in [1.82, 2.24) is 10.2 Å². The summed E-state index contributed by atoms with van der Waals surface area (Å²) in [5.41, 5.74) is 1.44. The summed E-state index contributed by atoms with van der Waals surface area (Å²) in [6.07, 6.45) is 6.51. The van der Waals surface area contributed by atoms with Crippen LogP contribution in [0.2, 0.25) is 0 Å². The summed E-state index contributed by atoms with van der Waals surface area (Å²) in [5.74, 6) is 0. The molecule has 0 aliphatic carbocycles. The maximum absolute atomic E-state index is 3.47. The molecule has 0 fully saturated rings. The van der Waals surface area contributed by atoms with E-state index in [1.807, 2.05) is 0 Å². The molecular weight excluding hydrogens is 244 g/mol. The van der Waals surface area contributed by atoms with Gasteiger partial charge in [0, 0.05) is 12.6 Å². The van der Waals surface area contributed by atoms with Gasteiger partial charge in [0.25, 0.3) is 0 Å². The van der Waals surface area contributed by atoms with Crippen LogP contribution in [0.25, 0.3) is 0 Å². The van der Waals surface area contributed by atoms with Gasteiger partial charge in [0.1, 0.15) is 0 Å². The first-order valence-corrected chi connectivity index (χ1v) is 8.14. The highest BCUT2D eigenvalue weighted by Gasteiger charge is 1.99. The van der Waals surface area contributed by atoms with Crippen molar-refractivity contribution < 1.29 is 0 Å². The Kier molecular flexibility index (Phi) is 9.35. The molecule has 0 atom stereocenters. The SMILES string of the molecule is CC(C)NCCCCCCN(C)CCc1ccccc1. The van der Waals surface area contributed by atoms with E-state index in [0.29, 0.717) is 6.04 Å². The smallest absolute Gasteiger partial charge is 0.00188 e. The number of hydrogen-bond donors (Lipinski definition) is 1. The van der Waals surface area contributed by atoms with Gasteiger partial charge in [0.2, 0.25) is 0 Å². The highest BCUT2D eigenvalue weighted by molar-refractivity contribution is 5.14. The first-order chi connectivity index (χ1) is 9.68. The number of nitrogens with zero attached hydrogens (tertiary/aromatic N) is 1. The predicted octanol–water partition coefficient (Wildman–Crippen LogP) is 3.72. The first kappa shape index (κ1) is 17.2. The zero-order valence-corrected chi connectivity index (χ0v) is 13.6. The topological polar surface area (TPSA) is 15.3 Å². The van der Waals surface area contributed by atoms with Crippen LogP contribution < -0.4 is 5.32 Å². The van der Waals surface area contributed by atoms with E-state index >= 15 is 0 Å². The van der Waals surface area contributed by atoms with Crippen molar-refractivity contribution in [1.29, 1.82) is 0 Å². The number of benzene rings is 1. The van der Waals surface area contributed by atoms with Gasteiger partial charge < -0.3 is 10.2 Å². The summed E-state index contributed by atoms with van der Waals surface area (Å²) < 4.78 is 0. The number of hydrogen-bond acceptors (Lipinski definition) is 2. The van der Waals surface area contributed by atoms with Gasteiger partial charge in [-0.25, -0.2) is 0 Å². The second-order valence-corrected chi connectivity index (χ2v) is 6.06. The number of nitrogens with one attached hydrogen (secondary N) is 1. The fourth-order valence-corrected chi connectivity index (χ4v) is 2.33. The molecule has 0 amide bonds. The van der Waals surface area contributed by atoms with E-state index in [9.17, 15) is 0 Å². The quantitative estimate of drug-likeness (QED) is 0.620. The highest BCUT2D eigenvalue weighted by Crippen LogP contribution is 2.03. The average molecular weight is 276 g/mol. The van der Waals surface area contributed by atoms with Crippen molar-refractivity contribution >= 4 is 0 Å². The standard InChI is InChI=1S/C18H32N2/c1-17(2)19-14-9-4-5-10-15-20(3)16-13-18-11-7-6-8-12-18/h6-8,11-12,17,19H,4-5,9-10,13-16H2,1-3H3. The molecule has 1 aromatic rings. The van der Waals surface area contributed by atoms with Crippen molar-refractivity contribution in [2.75, 3.05) is 26.7 Å². The van der Waals surface area contributed by atoms with E-state index in [0.717, 1.165) is 6.42 Å². The van der Waals surface area contributed by atoms with Crippen LogP contribution in [-0.4, -0.2) is 37.6 Å². The first-order valence-electron chi connectivity index (χ1n) is 8.14. The molecule has 0 saturated heterocycles. The van der Waals surface area contributed by atoms with Crippen molar-refractivity contribution in [3.05, 3.63) is 35.9 Å². The fraction of sp³-hybridized carbons (Fsp3) is 0.667. The summed E-state index contributed by atoms with van der Waals surface area (Å²) in [6, 6.07) is 11.4. The van der Waals surface area contributed by atoms with Crippen LogP contribution >= 0.6 is 0 Å². The number of likely N-dealkylation sites (N-methyl/N-ethyl adjacent to an activating group) is 1. The van der Waals surface area contributed by atoms with Crippen molar-refractivity contribution in [3.63, 3.8) is 0 Å². The van der Waals surface area contributed by atoms with Crippen LogP contribution in [-0.2, 0) is 6.42 Å². The molecule has 0 aliphatic heterocycles. The van der Waals surface area contributed by atoms with Gasteiger partial charge in [-0.2, -0.15) is 0 Å². The summed E-state index contributed by atoms with van der Waals surface area (Å²) in [4.78, 5) is 2.46. The van der Waals surface area contributed by atoms with E-state index in [1.54, 1.807) is 0 Å². The van der Waals surface area contributed by atoms with E-state index in [2.05, 4.69) is 61.4 Å². The van der Waals surface area contributed by atoms with Crippen LogP contribution in [0.4, 0.5) is 0 Å². The van der Waals surface area contributed by atoms with Crippen molar-refractivity contribution in [3.8, 4) is 0 Å². The molecule has 20 heavy (non-hydrogen) atoms. The molecule has 1 N–H and O–H groups in total. The molecule has 2 heteroatoms. The molecule has 0 bridgehead atoms. The largest absolute Gasteiger partial charge is 0.315 e. The zero-order chi connectivity index (χ0) is 14.6. The molecule has 1 aromatic carbocycles. The Balaban J connectivity index is 1.94. The lowest BCUT2D eigenvalue weighted by molar-refractivity contribution is 0.327. The molecule has 0 radical (unpaired) electrons. The zero-order valence-electron chi connectivity index (χ0n) is 13.6. The molecule has 0 saturated carbocycles. The van der Waals surface area contributed by atoms with Crippen LogP contribution in [0.5, 0.6) is 0 Å².